The highest BCUT2D eigenvalue weighted by Crippen LogP contribution is 2.16. The van der Waals surface area contributed by atoms with Crippen LogP contribution in [-0.2, 0) is 17.3 Å². The Kier molecular flexibility index (Phi) is 4.92. The van der Waals surface area contributed by atoms with E-state index in [9.17, 15) is 4.21 Å². The molecule has 1 unspecified atom stereocenters. The minimum Gasteiger partial charge on any atom is -0.330 e. The molecular formula is C14H22N2OS. The van der Waals surface area contributed by atoms with Gasteiger partial charge in [-0.2, -0.15) is 0 Å². The predicted molar refractivity (Wildman–Crippen MR) is 77.1 cm³/mol. The van der Waals surface area contributed by atoms with Gasteiger partial charge in [0.25, 0.3) is 0 Å². The fourth-order valence-corrected chi connectivity index (χ4v) is 3.31. The van der Waals surface area contributed by atoms with Gasteiger partial charge in [0.2, 0.25) is 0 Å². The largest absolute Gasteiger partial charge is 0.330 e. The lowest BCUT2D eigenvalue weighted by Gasteiger charge is -2.26. The van der Waals surface area contributed by atoms with E-state index in [-0.39, 0.29) is 0 Å². The molecule has 1 fully saturated rings. The van der Waals surface area contributed by atoms with Crippen molar-refractivity contribution in [2.75, 3.05) is 31.1 Å². The molecule has 1 atom stereocenters. The lowest BCUT2D eigenvalue weighted by atomic mass is 10.00. The summed E-state index contributed by atoms with van der Waals surface area (Å²) < 4.78 is 11.3. The van der Waals surface area contributed by atoms with Crippen molar-refractivity contribution in [2.24, 2.45) is 5.73 Å². The van der Waals surface area contributed by atoms with Gasteiger partial charge in [-0.3, -0.25) is 9.11 Å². The summed E-state index contributed by atoms with van der Waals surface area (Å²) in [5.41, 5.74) is 8.30. The van der Waals surface area contributed by atoms with Crippen molar-refractivity contribution in [2.45, 2.75) is 19.4 Å². The maximum atomic E-state index is 11.3. The van der Waals surface area contributed by atoms with Crippen molar-refractivity contribution in [1.82, 2.24) is 4.90 Å². The molecule has 1 aliphatic rings. The summed E-state index contributed by atoms with van der Waals surface area (Å²) in [6.07, 6.45) is 0. The number of hydrogen-bond acceptors (Lipinski definition) is 3. The summed E-state index contributed by atoms with van der Waals surface area (Å²) in [7, 11) is -0.586. The van der Waals surface area contributed by atoms with Gasteiger partial charge in [-0.05, 0) is 23.6 Å². The lowest BCUT2D eigenvalue weighted by Crippen LogP contribution is -2.37. The van der Waals surface area contributed by atoms with Gasteiger partial charge in [-0.1, -0.05) is 31.2 Å². The van der Waals surface area contributed by atoms with Crippen LogP contribution in [0.5, 0.6) is 0 Å². The fraction of sp³-hybridized carbons (Fsp3) is 0.571. The zero-order chi connectivity index (χ0) is 13.0. The zero-order valence-corrected chi connectivity index (χ0v) is 11.8. The molecule has 1 aliphatic heterocycles. The summed E-state index contributed by atoms with van der Waals surface area (Å²) in [4.78, 5) is 2.38. The standard InChI is InChI=1S/C14H22N2OS/c1-12(10-15)14-4-2-13(3-5-14)11-16-6-8-18(17)9-7-16/h2-5,12H,6-11,15H2,1H3. The van der Waals surface area contributed by atoms with E-state index in [0.29, 0.717) is 12.5 Å². The van der Waals surface area contributed by atoms with Gasteiger partial charge in [0, 0.05) is 41.9 Å². The maximum absolute atomic E-state index is 11.3. The van der Waals surface area contributed by atoms with Gasteiger partial charge < -0.3 is 5.73 Å². The SMILES string of the molecule is CC(CN)c1ccc(CN2CCS(=O)CC2)cc1. The molecule has 100 valence electrons. The second-order valence-electron chi connectivity index (χ2n) is 5.00. The minimum absolute atomic E-state index is 0.427. The van der Waals surface area contributed by atoms with Crippen molar-refractivity contribution < 1.29 is 4.21 Å². The summed E-state index contributed by atoms with van der Waals surface area (Å²) in [6.45, 7) is 5.71. The Morgan fingerprint density at radius 2 is 1.89 bits per heavy atom. The average Bonchev–Trinajstić information content (AvgIpc) is 2.41. The minimum atomic E-state index is -0.586. The topological polar surface area (TPSA) is 46.3 Å². The van der Waals surface area contributed by atoms with Crippen LogP contribution in [0.15, 0.2) is 24.3 Å². The molecule has 0 amide bonds. The maximum Gasteiger partial charge on any atom is 0.0363 e. The summed E-state index contributed by atoms with van der Waals surface area (Å²) in [5.74, 6) is 2.07. The molecule has 0 bridgehead atoms. The predicted octanol–water partition coefficient (Wildman–Crippen LogP) is 1.31. The third-order valence-corrected chi connectivity index (χ3v) is 4.85. The molecule has 0 aliphatic carbocycles. The quantitative estimate of drug-likeness (QED) is 0.894. The van der Waals surface area contributed by atoms with Crippen LogP contribution >= 0.6 is 0 Å². The van der Waals surface area contributed by atoms with Gasteiger partial charge in [0.15, 0.2) is 0 Å². The van der Waals surface area contributed by atoms with E-state index < -0.39 is 10.8 Å². The van der Waals surface area contributed by atoms with Crippen molar-refractivity contribution in [3.8, 4) is 0 Å². The average molecular weight is 266 g/mol. The van der Waals surface area contributed by atoms with E-state index in [1.165, 1.54) is 11.1 Å². The summed E-state index contributed by atoms with van der Waals surface area (Å²) >= 11 is 0. The third-order valence-electron chi connectivity index (χ3n) is 3.58. The van der Waals surface area contributed by atoms with Crippen molar-refractivity contribution in [1.29, 1.82) is 0 Å². The fourth-order valence-electron chi connectivity index (χ4n) is 2.18. The zero-order valence-electron chi connectivity index (χ0n) is 11.0. The monoisotopic (exact) mass is 266 g/mol. The molecule has 2 N–H and O–H groups in total. The first kappa shape index (κ1) is 13.7. The number of benzene rings is 1. The van der Waals surface area contributed by atoms with Crippen LogP contribution in [0.4, 0.5) is 0 Å². The first-order chi connectivity index (χ1) is 8.69. The Bertz CT molecular complexity index is 395. The molecule has 1 saturated heterocycles. The molecule has 4 heteroatoms. The van der Waals surface area contributed by atoms with Crippen LogP contribution in [0.2, 0.25) is 0 Å². The highest BCUT2D eigenvalue weighted by Gasteiger charge is 2.15. The van der Waals surface area contributed by atoms with Crippen molar-refractivity contribution >= 4 is 10.8 Å². The van der Waals surface area contributed by atoms with Gasteiger partial charge in [-0.25, -0.2) is 0 Å². The number of nitrogens with zero attached hydrogens (tertiary/aromatic N) is 1. The molecule has 2 rings (SSSR count). The first-order valence-electron chi connectivity index (χ1n) is 6.55. The molecule has 0 spiro atoms. The molecule has 0 saturated carbocycles. The van der Waals surface area contributed by atoms with Crippen LogP contribution in [-0.4, -0.2) is 40.2 Å². The number of rotatable bonds is 4. The van der Waals surface area contributed by atoms with E-state index in [0.717, 1.165) is 31.1 Å². The molecule has 3 nitrogen and oxygen atoms in total. The second-order valence-corrected chi connectivity index (χ2v) is 6.70. The van der Waals surface area contributed by atoms with E-state index in [1.807, 2.05) is 0 Å². The van der Waals surface area contributed by atoms with Crippen LogP contribution < -0.4 is 5.73 Å². The molecule has 0 radical (unpaired) electrons. The normalized spacial score (nSPS) is 19.9. The molecular weight excluding hydrogens is 244 g/mol. The van der Waals surface area contributed by atoms with Gasteiger partial charge >= 0.3 is 0 Å². The van der Waals surface area contributed by atoms with Crippen molar-refractivity contribution in [3.63, 3.8) is 0 Å². The van der Waals surface area contributed by atoms with Crippen LogP contribution in [0.3, 0.4) is 0 Å². The molecule has 0 aromatic heterocycles. The molecule has 1 heterocycles. The Hall–Kier alpha value is -0.710. The van der Waals surface area contributed by atoms with E-state index in [1.54, 1.807) is 0 Å². The van der Waals surface area contributed by atoms with Crippen LogP contribution in [0.25, 0.3) is 0 Å². The summed E-state index contributed by atoms with van der Waals surface area (Å²) in [6, 6.07) is 8.73. The highest BCUT2D eigenvalue weighted by molar-refractivity contribution is 7.85. The van der Waals surface area contributed by atoms with E-state index in [4.69, 9.17) is 5.73 Å². The van der Waals surface area contributed by atoms with Gasteiger partial charge in [0.05, 0.1) is 0 Å². The smallest absolute Gasteiger partial charge is 0.0363 e. The molecule has 1 aromatic rings. The van der Waals surface area contributed by atoms with Crippen molar-refractivity contribution in [3.05, 3.63) is 35.4 Å². The van der Waals surface area contributed by atoms with Crippen LogP contribution in [0, 0.1) is 0 Å². The number of hydrogen-bond donors (Lipinski definition) is 1. The van der Waals surface area contributed by atoms with Crippen LogP contribution in [0.1, 0.15) is 24.0 Å². The lowest BCUT2D eigenvalue weighted by molar-refractivity contribution is 0.291. The number of nitrogens with two attached hydrogens (primary N) is 1. The Morgan fingerprint density at radius 1 is 1.28 bits per heavy atom. The molecule has 1 aromatic carbocycles. The molecule has 18 heavy (non-hydrogen) atoms. The Balaban J connectivity index is 1.92. The summed E-state index contributed by atoms with van der Waals surface area (Å²) in [5, 5.41) is 0. The second kappa shape index (κ2) is 6.45. The highest BCUT2D eigenvalue weighted by atomic mass is 32.2. The first-order valence-corrected chi connectivity index (χ1v) is 8.04. The Labute approximate surface area is 112 Å². The third kappa shape index (κ3) is 3.64. The Morgan fingerprint density at radius 3 is 2.44 bits per heavy atom. The van der Waals surface area contributed by atoms with Gasteiger partial charge in [-0.15, -0.1) is 0 Å². The van der Waals surface area contributed by atoms with E-state index in [2.05, 4.69) is 36.1 Å². The van der Waals surface area contributed by atoms with E-state index >= 15 is 0 Å². The van der Waals surface area contributed by atoms with Gasteiger partial charge in [0.1, 0.15) is 0 Å².